The minimum atomic E-state index is 0.362. The van der Waals surface area contributed by atoms with Crippen LogP contribution in [-0.2, 0) is 6.54 Å². The topological polar surface area (TPSA) is 66.5 Å². The second-order valence-electron chi connectivity index (χ2n) is 4.37. The van der Waals surface area contributed by atoms with Crippen LogP contribution in [0.3, 0.4) is 0 Å². The van der Waals surface area contributed by atoms with Crippen LogP contribution >= 0.6 is 0 Å². The van der Waals surface area contributed by atoms with Crippen LogP contribution in [0.2, 0.25) is 0 Å². The van der Waals surface area contributed by atoms with Crippen LogP contribution in [0.4, 0.5) is 0 Å². The molecule has 2 heterocycles. The number of nitriles is 1. The number of aromatic nitrogens is 3. The van der Waals surface area contributed by atoms with Crippen LogP contribution < -0.4 is 5.32 Å². The van der Waals surface area contributed by atoms with Crippen LogP contribution in [0.25, 0.3) is 5.82 Å². The van der Waals surface area contributed by atoms with E-state index in [-0.39, 0.29) is 0 Å². The van der Waals surface area contributed by atoms with Gasteiger partial charge < -0.3 is 5.32 Å². The van der Waals surface area contributed by atoms with E-state index in [1.807, 2.05) is 12.1 Å². The first-order chi connectivity index (χ1) is 8.88. The Hall–Kier alpha value is -2.19. The molecule has 1 saturated carbocycles. The van der Waals surface area contributed by atoms with Crippen molar-refractivity contribution in [1.82, 2.24) is 19.9 Å². The Bertz CT molecular complexity index is 591. The van der Waals surface area contributed by atoms with Gasteiger partial charge in [0, 0.05) is 36.7 Å². The second-order valence-corrected chi connectivity index (χ2v) is 4.37. The molecule has 0 radical (unpaired) electrons. The quantitative estimate of drug-likeness (QED) is 0.875. The zero-order valence-corrected chi connectivity index (χ0v) is 9.87. The van der Waals surface area contributed by atoms with Crippen molar-refractivity contribution in [2.24, 2.45) is 0 Å². The van der Waals surface area contributed by atoms with Crippen LogP contribution in [0, 0.1) is 11.3 Å². The summed E-state index contributed by atoms with van der Waals surface area (Å²) in [4.78, 5) is 8.36. The number of nitrogens with one attached hydrogen (secondary N) is 1. The van der Waals surface area contributed by atoms with Crippen molar-refractivity contribution >= 4 is 0 Å². The summed E-state index contributed by atoms with van der Waals surface area (Å²) in [6.45, 7) is 0.775. The van der Waals surface area contributed by atoms with E-state index in [4.69, 9.17) is 5.26 Å². The fraction of sp³-hybridized carbons (Fsp3) is 0.308. The summed E-state index contributed by atoms with van der Waals surface area (Å²) >= 11 is 0. The van der Waals surface area contributed by atoms with Crippen molar-refractivity contribution < 1.29 is 0 Å². The molecule has 0 spiro atoms. The van der Waals surface area contributed by atoms with E-state index >= 15 is 0 Å². The largest absolute Gasteiger partial charge is 0.310 e. The molecule has 5 heteroatoms. The summed E-state index contributed by atoms with van der Waals surface area (Å²) in [6, 6.07) is 6.66. The van der Waals surface area contributed by atoms with E-state index in [1.165, 1.54) is 12.8 Å². The maximum Gasteiger partial charge on any atom is 0.218 e. The Morgan fingerprint density at radius 3 is 3.06 bits per heavy atom. The first-order valence-electron chi connectivity index (χ1n) is 5.99. The normalized spacial score (nSPS) is 14.4. The number of hydrogen-bond donors (Lipinski definition) is 1. The second kappa shape index (κ2) is 4.59. The lowest BCUT2D eigenvalue weighted by Crippen LogP contribution is -2.17. The van der Waals surface area contributed by atoms with Crippen LogP contribution in [0.5, 0.6) is 0 Å². The van der Waals surface area contributed by atoms with E-state index in [0.29, 0.717) is 11.9 Å². The summed E-state index contributed by atoms with van der Waals surface area (Å²) < 4.78 is 1.73. The van der Waals surface area contributed by atoms with Gasteiger partial charge in [0.1, 0.15) is 11.9 Å². The van der Waals surface area contributed by atoms with Crippen LogP contribution in [0.1, 0.15) is 24.2 Å². The number of pyridine rings is 1. The molecule has 1 N–H and O–H groups in total. The Morgan fingerprint density at radius 1 is 1.39 bits per heavy atom. The molecule has 0 bridgehead atoms. The Kier molecular flexibility index (Phi) is 2.79. The number of nitrogens with zero attached hydrogens (tertiary/aromatic N) is 4. The predicted molar refractivity (Wildman–Crippen MR) is 65.9 cm³/mol. The average molecular weight is 239 g/mol. The van der Waals surface area contributed by atoms with E-state index in [1.54, 1.807) is 23.2 Å². The van der Waals surface area contributed by atoms with Crippen molar-refractivity contribution in [1.29, 1.82) is 5.26 Å². The monoisotopic (exact) mass is 239 g/mol. The lowest BCUT2D eigenvalue weighted by molar-refractivity contribution is 0.681. The van der Waals surface area contributed by atoms with Crippen molar-refractivity contribution in [2.75, 3.05) is 0 Å². The fourth-order valence-electron chi connectivity index (χ4n) is 1.88. The highest BCUT2D eigenvalue weighted by molar-refractivity contribution is 5.37. The number of hydrogen-bond acceptors (Lipinski definition) is 4. The van der Waals surface area contributed by atoms with Crippen molar-refractivity contribution in [3.8, 4) is 11.9 Å². The van der Waals surface area contributed by atoms with Gasteiger partial charge in [0.2, 0.25) is 5.82 Å². The van der Waals surface area contributed by atoms with Crippen molar-refractivity contribution in [3.05, 3.63) is 42.1 Å². The Morgan fingerprint density at radius 2 is 2.28 bits per heavy atom. The SMILES string of the molecule is N#Cc1nccn1-c1ncccc1CNC1CC1. The van der Waals surface area contributed by atoms with Crippen LogP contribution in [0.15, 0.2) is 30.7 Å². The van der Waals surface area contributed by atoms with Crippen molar-refractivity contribution in [2.45, 2.75) is 25.4 Å². The lowest BCUT2D eigenvalue weighted by atomic mass is 10.2. The minimum Gasteiger partial charge on any atom is -0.310 e. The molecule has 90 valence electrons. The van der Waals surface area contributed by atoms with Crippen LogP contribution in [-0.4, -0.2) is 20.6 Å². The van der Waals surface area contributed by atoms with Gasteiger partial charge in [0.15, 0.2) is 0 Å². The first-order valence-corrected chi connectivity index (χ1v) is 5.99. The van der Waals surface area contributed by atoms with Gasteiger partial charge in [-0.1, -0.05) is 6.07 Å². The van der Waals surface area contributed by atoms with Gasteiger partial charge in [-0.25, -0.2) is 9.97 Å². The molecule has 1 aliphatic rings. The summed E-state index contributed by atoms with van der Waals surface area (Å²) in [5, 5.41) is 12.5. The Balaban J connectivity index is 1.92. The third-order valence-corrected chi connectivity index (χ3v) is 2.99. The molecule has 0 aliphatic heterocycles. The molecule has 0 amide bonds. The molecule has 1 aliphatic carbocycles. The third kappa shape index (κ3) is 2.11. The number of imidazole rings is 1. The van der Waals surface area contributed by atoms with Gasteiger partial charge in [-0.2, -0.15) is 5.26 Å². The smallest absolute Gasteiger partial charge is 0.218 e. The molecular weight excluding hydrogens is 226 g/mol. The van der Waals surface area contributed by atoms with E-state index in [2.05, 4.69) is 21.4 Å². The van der Waals surface area contributed by atoms with E-state index in [0.717, 1.165) is 17.9 Å². The zero-order valence-electron chi connectivity index (χ0n) is 9.87. The van der Waals surface area contributed by atoms with E-state index < -0.39 is 0 Å². The molecule has 0 unspecified atom stereocenters. The molecule has 0 atom stereocenters. The van der Waals surface area contributed by atoms with Gasteiger partial charge in [-0.3, -0.25) is 4.57 Å². The maximum absolute atomic E-state index is 9.01. The highest BCUT2D eigenvalue weighted by Gasteiger charge is 2.21. The van der Waals surface area contributed by atoms with Gasteiger partial charge in [0.05, 0.1) is 0 Å². The third-order valence-electron chi connectivity index (χ3n) is 2.99. The molecule has 2 aromatic rings. The molecule has 5 nitrogen and oxygen atoms in total. The summed E-state index contributed by atoms with van der Waals surface area (Å²) in [5.41, 5.74) is 1.08. The first kappa shape index (κ1) is 10.9. The molecule has 1 fully saturated rings. The highest BCUT2D eigenvalue weighted by Crippen LogP contribution is 2.20. The number of rotatable bonds is 4. The summed E-state index contributed by atoms with van der Waals surface area (Å²) in [7, 11) is 0. The molecule has 0 saturated heterocycles. The van der Waals surface area contributed by atoms with E-state index in [9.17, 15) is 0 Å². The molecule has 0 aromatic carbocycles. The van der Waals surface area contributed by atoms with Gasteiger partial charge >= 0.3 is 0 Å². The lowest BCUT2D eigenvalue weighted by Gasteiger charge is -2.10. The molecule has 2 aromatic heterocycles. The summed E-state index contributed by atoms with van der Waals surface area (Å²) in [6.07, 6.45) is 7.62. The predicted octanol–water partition coefficient (Wildman–Crippen LogP) is 1.39. The maximum atomic E-state index is 9.01. The molecule has 18 heavy (non-hydrogen) atoms. The standard InChI is InChI=1S/C13H13N5/c14-8-12-15-6-7-18(12)13-10(2-1-5-16-13)9-17-11-3-4-11/h1-2,5-7,11,17H,3-4,9H2. The molecule has 3 rings (SSSR count). The summed E-state index contributed by atoms with van der Waals surface area (Å²) in [5.74, 6) is 1.14. The fourth-order valence-corrected chi connectivity index (χ4v) is 1.88. The Labute approximate surface area is 105 Å². The molecular formula is C13H13N5. The average Bonchev–Trinajstić information content (AvgIpc) is 3.12. The van der Waals surface area contributed by atoms with Crippen molar-refractivity contribution in [3.63, 3.8) is 0 Å². The highest BCUT2D eigenvalue weighted by atomic mass is 15.1. The van der Waals surface area contributed by atoms with Gasteiger partial charge in [-0.15, -0.1) is 0 Å². The van der Waals surface area contributed by atoms with Gasteiger partial charge in [0.25, 0.3) is 0 Å². The minimum absolute atomic E-state index is 0.362. The van der Waals surface area contributed by atoms with Gasteiger partial charge in [-0.05, 0) is 18.9 Å². The zero-order chi connectivity index (χ0) is 12.4.